The number of nitrogens with zero attached hydrogens (tertiary/aromatic N) is 2. The highest BCUT2D eigenvalue weighted by Gasteiger charge is 2.21. The zero-order chi connectivity index (χ0) is 9.10. The smallest absolute Gasteiger partial charge is 0.163 e. The van der Waals surface area contributed by atoms with Crippen LogP contribution in [0.4, 0.5) is 0 Å². The number of hydrogen-bond acceptors (Lipinski definition) is 4. The van der Waals surface area contributed by atoms with Crippen molar-refractivity contribution in [3.63, 3.8) is 0 Å². The van der Waals surface area contributed by atoms with E-state index in [9.17, 15) is 4.79 Å². The minimum Gasteiger partial charge on any atom is -0.297 e. The molecule has 1 saturated carbocycles. The third kappa shape index (κ3) is 1.77. The fourth-order valence-corrected chi connectivity index (χ4v) is 2.51. The first kappa shape index (κ1) is 8.81. The molecule has 1 aliphatic carbocycles. The first-order valence-corrected chi connectivity index (χ1v) is 5.46. The first-order chi connectivity index (χ1) is 6.42. The molecule has 0 aromatic carbocycles. The Labute approximate surface area is 81.3 Å². The van der Waals surface area contributed by atoms with Crippen molar-refractivity contribution in [3.05, 3.63) is 10.6 Å². The summed E-state index contributed by atoms with van der Waals surface area (Å²) in [6.45, 7) is 0. The minimum atomic E-state index is 0.493. The molecule has 0 unspecified atom stereocenters. The lowest BCUT2D eigenvalue weighted by molar-refractivity contribution is 0.112. The van der Waals surface area contributed by atoms with Crippen LogP contribution in [0.25, 0.3) is 0 Å². The van der Waals surface area contributed by atoms with Gasteiger partial charge in [-0.2, -0.15) is 0 Å². The lowest BCUT2D eigenvalue weighted by atomic mass is 9.87. The van der Waals surface area contributed by atoms with Gasteiger partial charge in [0.1, 0.15) is 4.88 Å². The van der Waals surface area contributed by atoms with Crippen LogP contribution >= 0.6 is 11.5 Å². The Morgan fingerprint density at radius 1 is 1.31 bits per heavy atom. The summed E-state index contributed by atoms with van der Waals surface area (Å²) >= 11 is 1.21. The predicted molar refractivity (Wildman–Crippen MR) is 51.1 cm³/mol. The fraction of sp³-hybridized carbons (Fsp3) is 0.667. The van der Waals surface area contributed by atoms with Gasteiger partial charge in [-0.05, 0) is 24.4 Å². The molecule has 0 aliphatic heterocycles. The van der Waals surface area contributed by atoms with Crippen molar-refractivity contribution < 1.29 is 4.79 Å². The molecule has 0 bridgehead atoms. The van der Waals surface area contributed by atoms with Crippen LogP contribution in [0.2, 0.25) is 0 Å². The molecule has 1 aromatic heterocycles. The zero-order valence-electron chi connectivity index (χ0n) is 7.40. The van der Waals surface area contributed by atoms with Gasteiger partial charge in [-0.15, -0.1) is 5.10 Å². The predicted octanol–water partition coefficient (Wildman–Crippen LogP) is 2.40. The van der Waals surface area contributed by atoms with Crippen LogP contribution in [0.3, 0.4) is 0 Å². The van der Waals surface area contributed by atoms with Gasteiger partial charge in [0.15, 0.2) is 6.29 Å². The second-order valence-electron chi connectivity index (χ2n) is 3.48. The lowest BCUT2D eigenvalue weighted by Gasteiger charge is -2.19. The van der Waals surface area contributed by atoms with Crippen molar-refractivity contribution >= 4 is 17.8 Å². The third-order valence-electron chi connectivity index (χ3n) is 2.64. The maximum atomic E-state index is 10.7. The summed E-state index contributed by atoms with van der Waals surface area (Å²) in [4.78, 5) is 11.4. The summed E-state index contributed by atoms with van der Waals surface area (Å²) in [7, 11) is 0. The number of aldehydes is 1. The Hall–Kier alpha value is -0.770. The summed E-state index contributed by atoms with van der Waals surface area (Å²) in [5.74, 6) is 0.493. The van der Waals surface area contributed by atoms with Gasteiger partial charge in [0.2, 0.25) is 0 Å². The van der Waals surface area contributed by atoms with E-state index in [1.807, 2.05) is 0 Å². The summed E-state index contributed by atoms with van der Waals surface area (Å²) in [5, 5.41) is 4.05. The number of aromatic nitrogens is 2. The van der Waals surface area contributed by atoms with Crippen molar-refractivity contribution in [2.75, 3.05) is 0 Å². The SMILES string of the molecule is O=Cc1snnc1C1CCCCC1. The molecule has 1 aromatic rings. The minimum absolute atomic E-state index is 0.493. The average Bonchev–Trinajstić information content (AvgIpc) is 2.67. The van der Waals surface area contributed by atoms with Gasteiger partial charge >= 0.3 is 0 Å². The number of carbonyl (C=O) groups is 1. The summed E-state index contributed by atoms with van der Waals surface area (Å²) < 4.78 is 3.83. The standard InChI is InChI=1S/C9H12N2OS/c12-6-8-9(10-11-13-8)7-4-2-1-3-5-7/h6-7H,1-5H2. The van der Waals surface area contributed by atoms with Crippen LogP contribution in [0, 0.1) is 0 Å². The largest absolute Gasteiger partial charge is 0.297 e. The Morgan fingerprint density at radius 2 is 2.08 bits per heavy atom. The molecule has 0 atom stereocenters. The molecular weight excluding hydrogens is 184 g/mol. The van der Waals surface area contributed by atoms with Gasteiger partial charge < -0.3 is 0 Å². The van der Waals surface area contributed by atoms with E-state index >= 15 is 0 Å². The molecule has 0 N–H and O–H groups in total. The third-order valence-corrected chi connectivity index (χ3v) is 3.30. The quantitative estimate of drug-likeness (QED) is 0.682. The molecular formula is C9H12N2OS. The molecule has 0 spiro atoms. The van der Waals surface area contributed by atoms with Gasteiger partial charge in [-0.1, -0.05) is 23.8 Å². The van der Waals surface area contributed by atoms with Crippen LogP contribution in [0.15, 0.2) is 0 Å². The van der Waals surface area contributed by atoms with Crippen molar-refractivity contribution in [1.29, 1.82) is 0 Å². The maximum absolute atomic E-state index is 10.7. The van der Waals surface area contributed by atoms with Gasteiger partial charge in [0.25, 0.3) is 0 Å². The summed E-state index contributed by atoms with van der Waals surface area (Å²) in [6.07, 6.45) is 7.08. The summed E-state index contributed by atoms with van der Waals surface area (Å²) in [6, 6.07) is 0. The van der Waals surface area contributed by atoms with Crippen molar-refractivity contribution in [2.45, 2.75) is 38.0 Å². The van der Waals surface area contributed by atoms with Crippen LogP contribution in [-0.4, -0.2) is 15.9 Å². The second kappa shape index (κ2) is 3.96. The molecule has 70 valence electrons. The highest BCUT2D eigenvalue weighted by molar-refractivity contribution is 7.07. The molecule has 0 saturated heterocycles. The molecule has 1 fully saturated rings. The Bertz CT molecular complexity index is 292. The van der Waals surface area contributed by atoms with E-state index < -0.39 is 0 Å². The highest BCUT2D eigenvalue weighted by atomic mass is 32.1. The van der Waals surface area contributed by atoms with Gasteiger partial charge in [0.05, 0.1) is 5.69 Å². The Balaban J connectivity index is 2.17. The van der Waals surface area contributed by atoms with Crippen LogP contribution in [0.1, 0.15) is 53.4 Å². The van der Waals surface area contributed by atoms with Crippen LogP contribution in [0.5, 0.6) is 0 Å². The number of rotatable bonds is 2. The van der Waals surface area contributed by atoms with Crippen molar-refractivity contribution in [1.82, 2.24) is 9.59 Å². The van der Waals surface area contributed by atoms with E-state index in [0.717, 1.165) is 16.9 Å². The molecule has 13 heavy (non-hydrogen) atoms. The molecule has 0 radical (unpaired) electrons. The van der Waals surface area contributed by atoms with E-state index in [0.29, 0.717) is 5.92 Å². The van der Waals surface area contributed by atoms with Crippen molar-refractivity contribution in [2.24, 2.45) is 0 Å². The normalized spacial score (nSPS) is 18.8. The monoisotopic (exact) mass is 196 g/mol. The molecule has 1 heterocycles. The van der Waals surface area contributed by atoms with Crippen LogP contribution < -0.4 is 0 Å². The number of hydrogen-bond donors (Lipinski definition) is 0. The van der Waals surface area contributed by atoms with E-state index in [-0.39, 0.29) is 0 Å². The highest BCUT2D eigenvalue weighted by Crippen LogP contribution is 2.33. The number of carbonyl (C=O) groups excluding carboxylic acids is 1. The molecule has 3 nitrogen and oxygen atoms in total. The fourth-order valence-electron chi connectivity index (χ4n) is 1.95. The van der Waals surface area contributed by atoms with Crippen LogP contribution in [-0.2, 0) is 0 Å². The van der Waals surface area contributed by atoms with E-state index in [1.54, 1.807) is 0 Å². The van der Waals surface area contributed by atoms with Crippen molar-refractivity contribution in [3.8, 4) is 0 Å². The van der Waals surface area contributed by atoms with Gasteiger partial charge in [0, 0.05) is 5.92 Å². The average molecular weight is 196 g/mol. The van der Waals surface area contributed by atoms with Gasteiger partial charge in [-0.3, -0.25) is 4.79 Å². The summed E-state index contributed by atoms with van der Waals surface area (Å²) in [5.41, 5.74) is 0.944. The zero-order valence-corrected chi connectivity index (χ0v) is 8.22. The lowest BCUT2D eigenvalue weighted by Crippen LogP contribution is -2.06. The van der Waals surface area contributed by atoms with E-state index in [2.05, 4.69) is 9.59 Å². The maximum Gasteiger partial charge on any atom is 0.163 e. The van der Waals surface area contributed by atoms with E-state index in [1.165, 1.54) is 43.6 Å². The van der Waals surface area contributed by atoms with E-state index in [4.69, 9.17) is 0 Å². The Morgan fingerprint density at radius 3 is 2.77 bits per heavy atom. The first-order valence-electron chi connectivity index (χ1n) is 4.69. The Kier molecular flexibility index (Phi) is 2.68. The topological polar surface area (TPSA) is 42.9 Å². The van der Waals surface area contributed by atoms with Gasteiger partial charge in [-0.25, -0.2) is 0 Å². The molecule has 0 amide bonds. The molecule has 2 rings (SSSR count). The molecule has 4 heteroatoms. The molecule has 1 aliphatic rings. The second-order valence-corrected chi connectivity index (χ2v) is 4.26.